The highest BCUT2D eigenvalue weighted by Crippen LogP contribution is 2.22. The van der Waals surface area contributed by atoms with Crippen LogP contribution in [0.25, 0.3) is 10.8 Å². The highest BCUT2D eigenvalue weighted by molar-refractivity contribution is 7.13. The van der Waals surface area contributed by atoms with Gasteiger partial charge in [0, 0.05) is 18.5 Å². The molecule has 0 bridgehead atoms. The zero-order valence-corrected chi connectivity index (χ0v) is 17.6. The fraction of sp³-hybridized carbons (Fsp3) is 0.421. The van der Waals surface area contributed by atoms with Gasteiger partial charge in [0.25, 0.3) is 17.7 Å². The lowest BCUT2D eigenvalue weighted by molar-refractivity contribution is -0.929. The second-order valence-electron chi connectivity index (χ2n) is 6.40. The van der Waals surface area contributed by atoms with E-state index in [0.29, 0.717) is 38.0 Å². The summed E-state index contributed by atoms with van der Waals surface area (Å²) in [5.41, 5.74) is 0. The second-order valence-corrected chi connectivity index (χ2v) is 8.38. The summed E-state index contributed by atoms with van der Waals surface area (Å²) in [6, 6.07) is 7.74. The Morgan fingerprint density at radius 1 is 1.29 bits per heavy atom. The molecule has 0 saturated heterocycles. The van der Waals surface area contributed by atoms with E-state index in [9.17, 15) is 4.79 Å². The highest BCUT2D eigenvalue weighted by atomic mass is 32.1. The molecule has 1 unspecified atom stereocenters. The highest BCUT2D eigenvalue weighted by Gasteiger charge is 2.27. The van der Waals surface area contributed by atoms with Gasteiger partial charge in [-0.15, -0.1) is 32.9 Å². The van der Waals surface area contributed by atoms with Crippen LogP contribution in [0, 0.1) is 0 Å². The lowest BCUT2D eigenvalue weighted by atomic mass is 10.2. The smallest absolute Gasteiger partial charge is 0.278 e. The number of ether oxygens (including phenoxy) is 1. The SMILES string of the molecule is COCC[NH+](Cc1nnc(-c2cccs2)o1)[C@@H](C)C(=O)NCCc1cccs1. The van der Waals surface area contributed by atoms with Crippen LogP contribution in [0.4, 0.5) is 0 Å². The zero-order valence-electron chi connectivity index (χ0n) is 16.0. The Hall–Kier alpha value is -2.07. The quantitative estimate of drug-likeness (QED) is 0.492. The van der Waals surface area contributed by atoms with Gasteiger partial charge >= 0.3 is 0 Å². The first-order valence-corrected chi connectivity index (χ1v) is 10.9. The predicted molar refractivity (Wildman–Crippen MR) is 110 cm³/mol. The zero-order chi connectivity index (χ0) is 19.8. The van der Waals surface area contributed by atoms with Crippen molar-refractivity contribution >= 4 is 28.6 Å². The van der Waals surface area contributed by atoms with Crippen molar-refractivity contribution in [3.63, 3.8) is 0 Å². The van der Waals surface area contributed by atoms with Gasteiger partial charge in [-0.1, -0.05) is 12.1 Å². The molecule has 0 aliphatic rings. The van der Waals surface area contributed by atoms with E-state index in [2.05, 4.69) is 21.6 Å². The van der Waals surface area contributed by atoms with Crippen LogP contribution in [0.2, 0.25) is 0 Å². The van der Waals surface area contributed by atoms with Crippen molar-refractivity contribution in [2.75, 3.05) is 26.8 Å². The number of hydrogen-bond donors (Lipinski definition) is 2. The molecule has 28 heavy (non-hydrogen) atoms. The van der Waals surface area contributed by atoms with Crippen molar-refractivity contribution in [1.82, 2.24) is 15.5 Å². The van der Waals surface area contributed by atoms with E-state index in [-0.39, 0.29) is 11.9 Å². The van der Waals surface area contributed by atoms with E-state index in [1.54, 1.807) is 29.8 Å². The van der Waals surface area contributed by atoms with Crippen molar-refractivity contribution in [1.29, 1.82) is 0 Å². The number of thiophene rings is 2. The first kappa shape index (κ1) is 20.7. The molecule has 0 spiro atoms. The third-order valence-electron chi connectivity index (χ3n) is 4.46. The largest absolute Gasteiger partial charge is 0.414 e. The molecule has 150 valence electrons. The van der Waals surface area contributed by atoms with Crippen molar-refractivity contribution in [2.45, 2.75) is 25.9 Å². The Morgan fingerprint density at radius 3 is 2.82 bits per heavy atom. The molecule has 0 aliphatic heterocycles. The third-order valence-corrected chi connectivity index (χ3v) is 6.25. The Kier molecular flexibility index (Phi) is 7.72. The molecule has 0 fully saturated rings. The number of rotatable bonds is 11. The number of amides is 1. The fourth-order valence-corrected chi connectivity index (χ4v) is 4.17. The molecule has 1 amide bonds. The van der Waals surface area contributed by atoms with Gasteiger partial charge in [-0.05, 0) is 36.2 Å². The summed E-state index contributed by atoms with van der Waals surface area (Å²) in [6.45, 7) is 4.24. The summed E-state index contributed by atoms with van der Waals surface area (Å²) in [5.74, 6) is 1.05. The number of quaternary nitrogens is 1. The van der Waals surface area contributed by atoms with E-state index in [1.165, 1.54) is 4.88 Å². The van der Waals surface area contributed by atoms with Crippen molar-refractivity contribution in [3.8, 4) is 10.8 Å². The van der Waals surface area contributed by atoms with Crippen molar-refractivity contribution in [2.24, 2.45) is 0 Å². The van der Waals surface area contributed by atoms with Crippen molar-refractivity contribution < 1.29 is 18.8 Å². The molecule has 2 atom stereocenters. The van der Waals surface area contributed by atoms with Crippen LogP contribution in [0.15, 0.2) is 39.4 Å². The summed E-state index contributed by atoms with van der Waals surface area (Å²) >= 11 is 3.26. The molecular weight excluding hydrogens is 396 g/mol. The van der Waals surface area contributed by atoms with E-state index in [1.807, 2.05) is 35.9 Å². The van der Waals surface area contributed by atoms with E-state index in [4.69, 9.17) is 9.15 Å². The van der Waals surface area contributed by atoms with Gasteiger partial charge in [0.1, 0.15) is 6.54 Å². The maximum absolute atomic E-state index is 12.6. The van der Waals surface area contributed by atoms with Crippen molar-refractivity contribution in [3.05, 3.63) is 45.8 Å². The summed E-state index contributed by atoms with van der Waals surface area (Å²) in [7, 11) is 1.66. The minimum atomic E-state index is -0.254. The van der Waals surface area contributed by atoms with Gasteiger partial charge < -0.3 is 19.4 Å². The molecular formula is C19H25N4O3S2+. The maximum Gasteiger partial charge on any atom is 0.278 e. The minimum absolute atomic E-state index is 0.0145. The number of hydrogen-bond acceptors (Lipinski definition) is 7. The van der Waals surface area contributed by atoms with E-state index < -0.39 is 0 Å². The Labute approximate surface area is 172 Å². The molecule has 3 rings (SSSR count). The molecule has 7 nitrogen and oxygen atoms in total. The van der Waals surface area contributed by atoms with Gasteiger partial charge in [0.05, 0.1) is 11.5 Å². The van der Waals surface area contributed by atoms with Gasteiger partial charge in [-0.3, -0.25) is 4.79 Å². The molecule has 9 heteroatoms. The first-order valence-electron chi connectivity index (χ1n) is 9.17. The number of carbonyl (C=O) groups is 1. The molecule has 0 saturated carbocycles. The minimum Gasteiger partial charge on any atom is -0.414 e. The summed E-state index contributed by atoms with van der Waals surface area (Å²) < 4.78 is 11.0. The predicted octanol–water partition coefficient (Wildman–Crippen LogP) is 1.64. The third kappa shape index (κ3) is 5.71. The maximum atomic E-state index is 12.6. The average Bonchev–Trinajstić information content (AvgIpc) is 3.46. The standard InChI is InChI=1S/C19H24N4O3S2/c1-14(18(24)20-8-7-15-5-3-11-27-15)23(9-10-25-2)13-17-21-22-19(26-17)16-6-4-12-28-16/h3-6,11-12,14H,7-10,13H2,1-2H3,(H,20,24)/p+1/t14-/m0/s1. The van der Waals surface area contributed by atoms with Crippen LogP contribution < -0.4 is 10.2 Å². The van der Waals surface area contributed by atoms with Crippen LogP contribution in [-0.4, -0.2) is 49.0 Å². The normalized spacial score (nSPS) is 13.4. The average molecular weight is 422 g/mol. The molecule has 3 aromatic rings. The monoisotopic (exact) mass is 421 g/mol. The molecule has 0 radical (unpaired) electrons. The Bertz CT molecular complexity index is 833. The van der Waals surface area contributed by atoms with Crippen LogP contribution in [0.1, 0.15) is 17.7 Å². The van der Waals surface area contributed by atoms with E-state index in [0.717, 1.165) is 16.2 Å². The van der Waals surface area contributed by atoms with Crippen LogP contribution in [-0.2, 0) is 22.5 Å². The van der Waals surface area contributed by atoms with Gasteiger partial charge in [0.2, 0.25) is 0 Å². The van der Waals surface area contributed by atoms with E-state index >= 15 is 0 Å². The van der Waals surface area contributed by atoms with Crippen LogP contribution >= 0.6 is 22.7 Å². The first-order chi connectivity index (χ1) is 13.7. The number of nitrogens with one attached hydrogen (secondary N) is 2. The Balaban J connectivity index is 1.57. The summed E-state index contributed by atoms with van der Waals surface area (Å²) in [6.07, 6.45) is 0.845. The molecule has 2 N–H and O–H groups in total. The second kappa shape index (κ2) is 10.5. The topological polar surface area (TPSA) is 81.7 Å². The van der Waals surface area contributed by atoms with Crippen LogP contribution in [0.3, 0.4) is 0 Å². The number of carbonyl (C=O) groups excluding carboxylic acids is 1. The molecule has 3 heterocycles. The fourth-order valence-electron chi connectivity index (χ4n) is 2.81. The molecule has 0 aliphatic carbocycles. The number of aromatic nitrogens is 2. The van der Waals surface area contributed by atoms with Gasteiger partial charge in [-0.25, -0.2) is 0 Å². The number of methoxy groups -OCH3 is 1. The lowest BCUT2D eigenvalue weighted by Crippen LogP contribution is -3.16. The molecule has 3 aromatic heterocycles. The molecule has 0 aromatic carbocycles. The van der Waals surface area contributed by atoms with Gasteiger partial charge in [0.15, 0.2) is 12.6 Å². The van der Waals surface area contributed by atoms with Gasteiger partial charge in [-0.2, -0.15) is 0 Å². The number of nitrogens with zero attached hydrogens (tertiary/aromatic N) is 2. The van der Waals surface area contributed by atoms with Crippen LogP contribution in [0.5, 0.6) is 0 Å². The Morgan fingerprint density at radius 2 is 2.11 bits per heavy atom. The lowest BCUT2D eigenvalue weighted by Gasteiger charge is -2.23. The summed E-state index contributed by atoms with van der Waals surface area (Å²) in [5, 5.41) is 15.3. The summed E-state index contributed by atoms with van der Waals surface area (Å²) in [4.78, 5) is 15.9.